The highest BCUT2D eigenvalue weighted by molar-refractivity contribution is 7.15. The zero-order valence-electron chi connectivity index (χ0n) is 48.3. The highest BCUT2D eigenvalue weighted by Crippen LogP contribution is 2.44. The number of nitrogens with two attached hydrogens (primary N) is 1. The molecule has 8 bridgehead atoms. The van der Waals surface area contributed by atoms with Gasteiger partial charge in [-0.1, -0.05) is 72.8 Å². The van der Waals surface area contributed by atoms with Gasteiger partial charge in [-0.25, -0.2) is 14.8 Å². The van der Waals surface area contributed by atoms with Crippen molar-refractivity contribution >= 4 is 86.3 Å². The molecule has 0 saturated carbocycles. The monoisotopic (exact) mass is 1230 g/mol. The molecular weight excluding hydrogens is 1160 g/mol. The number of alkyl carbamates (subject to hydrolysis) is 1. The fraction of sp³-hybridized carbons (Fsp3) is 0.350. The van der Waals surface area contributed by atoms with Crippen LogP contribution in [0, 0.1) is 0 Å². The molecule has 458 valence electrons. The molecule has 0 unspecified atom stereocenters. The number of anilines is 2. The van der Waals surface area contributed by atoms with Gasteiger partial charge in [0.25, 0.3) is 0 Å². The maximum atomic E-state index is 14.2. The molecule has 25 nitrogen and oxygen atoms in total. The zero-order valence-corrected chi connectivity index (χ0v) is 49.9. The van der Waals surface area contributed by atoms with Crippen LogP contribution in [0.2, 0.25) is 0 Å². The van der Waals surface area contributed by atoms with Crippen LogP contribution in [0.15, 0.2) is 97.3 Å². The maximum Gasteiger partial charge on any atom is 0.407 e. The van der Waals surface area contributed by atoms with Gasteiger partial charge in [-0.3, -0.25) is 38.4 Å². The van der Waals surface area contributed by atoms with Gasteiger partial charge in [-0.05, 0) is 91.3 Å². The van der Waals surface area contributed by atoms with E-state index in [4.69, 9.17) is 10.5 Å². The summed E-state index contributed by atoms with van der Waals surface area (Å²) in [5.74, 6) is -6.64. The van der Waals surface area contributed by atoms with Gasteiger partial charge >= 0.3 is 6.09 Å². The number of ether oxygens (including phenoxy) is 1. The van der Waals surface area contributed by atoms with Crippen molar-refractivity contribution in [3.05, 3.63) is 140 Å². The lowest BCUT2D eigenvalue weighted by Crippen LogP contribution is -2.58. The normalized spacial score (nSPS) is 19.0. The molecule has 3 heterocycles. The molecule has 0 fully saturated rings. The summed E-state index contributed by atoms with van der Waals surface area (Å²) in [6, 6.07) is 16.3. The average molecular weight is 1230 g/mol. The number of aromatic nitrogens is 2. The van der Waals surface area contributed by atoms with Crippen molar-refractivity contribution in [2.24, 2.45) is 5.73 Å². The van der Waals surface area contributed by atoms with E-state index in [1.165, 1.54) is 69.4 Å². The highest BCUT2D eigenvalue weighted by Gasteiger charge is 2.32. The number of fused-ring (bicyclic) bond motifs is 11. The molecule has 8 rings (SSSR count). The molecule has 1 aliphatic carbocycles. The summed E-state index contributed by atoms with van der Waals surface area (Å²) in [6.45, 7) is 7.18. The first-order chi connectivity index (χ1) is 41.6. The van der Waals surface area contributed by atoms with Crippen molar-refractivity contribution in [3.8, 4) is 22.6 Å². The van der Waals surface area contributed by atoms with E-state index in [2.05, 4.69) is 63.1 Å². The van der Waals surface area contributed by atoms with E-state index in [1.54, 1.807) is 36.7 Å². The topological polar surface area (TPSA) is 375 Å². The van der Waals surface area contributed by atoms with Crippen molar-refractivity contribution in [1.82, 2.24) is 52.5 Å². The summed E-state index contributed by atoms with van der Waals surface area (Å²) in [5, 5.41) is 49.7. The number of thiazole rings is 2. The van der Waals surface area contributed by atoms with E-state index in [0.29, 0.717) is 52.0 Å². The smallest absolute Gasteiger partial charge is 0.407 e. The predicted octanol–water partition coefficient (Wildman–Crippen LogP) is 2.33. The fourth-order valence-electron chi connectivity index (χ4n) is 9.71. The quantitative estimate of drug-likeness (QED) is 0.0936. The minimum Gasteiger partial charge on any atom is -0.508 e. The zero-order chi connectivity index (χ0) is 62.5. The lowest BCUT2D eigenvalue weighted by Gasteiger charge is -2.25. The van der Waals surface area contributed by atoms with Crippen LogP contribution >= 0.6 is 22.7 Å². The van der Waals surface area contributed by atoms with Gasteiger partial charge in [-0.15, -0.1) is 22.7 Å². The van der Waals surface area contributed by atoms with Crippen LogP contribution in [0.25, 0.3) is 11.1 Å². The summed E-state index contributed by atoms with van der Waals surface area (Å²) in [4.78, 5) is 131. The summed E-state index contributed by atoms with van der Waals surface area (Å²) >= 11 is 2.75. The number of carbonyl (C=O) groups is 9. The van der Waals surface area contributed by atoms with Gasteiger partial charge in [-0.2, -0.15) is 0 Å². The Labute approximate surface area is 508 Å². The van der Waals surface area contributed by atoms with Gasteiger partial charge in [0.2, 0.25) is 47.3 Å². The number of nitrogens with one attached hydrogen (secondary N) is 10. The Hall–Kier alpha value is -9.63. The Kier molecular flexibility index (Phi) is 21.1. The number of hydrogen-bond acceptors (Lipinski definition) is 18. The third-order valence-electron chi connectivity index (χ3n) is 14.5. The molecular formula is C60H69N13O12S2. The van der Waals surface area contributed by atoms with Gasteiger partial charge < -0.3 is 73.9 Å². The number of amides is 9. The van der Waals surface area contributed by atoms with Crippen LogP contribution in [0.3, 0.4) is 0 Å². The lowest BCUT2D eigenvalue weighted by molar-refractivity contribution is -0.134. The molecule has 27 heteroatoms. The number of aromatic hydroxyl groups is 2. The lowest BCUT2D eigenvalue weighted by atomic mass is 9.98. The maximum absolute atomic E-state index is 14.2. The fourth-order valence-corrected chi connectivity index (χ4v) is 11.4. The van der Waals surface area contributed by atoms with Crippen LogP contribution in [0.4, 0.5) is 15.1 Å². The third-order valence-corrected chi connectivity index (χ3v) is 16.4. The number of carbonyl (C=O) groups excluding carboxylic acids is 9. The average Bonchev–Trinajstić information content (AvgIpc) is 1.70. The highest BCUT2D eigenvalue weighted by atomic mass is 32.1. The molecule has 2 aromatic heterocycles. The molecule has 6 aromatic rings. The molecule has 0 spiro atoms. The van der Waals surface area contributed by atoms with Gasteiger partial charge in [0.15, 0.2) is 10.3 Å². The largest absolute Gasteiger partial charge is 0.508 e. The number of rotatable bonds is 10. The molecule has 87 heavy (non-hydrogen) atoms. The summed E-state index contributed by atoms with van der Waals surface area (Å²) in [7, 11) is 0. The number of primary amides is 1. The van der Waals surface area contributed by atoms with Crippen molar-refractivity contribution in [2.45, 2.75) is 109 Å². The van der Waals surface area contributed by atoms with Crippen LogP contribution in [-0.4, -0.2) is 142 Å². The first-order valence-electron chi connectivity index (χ1n) is 28.1. The predicted molar refractivity (Wildman–Crippen MR) is 325 cm³/mol. The second-order valence-corrected chi connectivity index (χ2v) is 23.4. The van der Waals surface area contributed by atoms with Gasteiger partial charge in [0, 0.05) is 66.8 Å². The van der Waals surface area contributed by atoms with Crippen LogP contribution in [0.1, 0.15) is 83.7 Å². The van der Waals surface area contributed by atoms with Crippen LogP contribution in [-0.2, 0) is 68.8 Å². The Morgan fingerprint density at radius 3 is 1.68 bits per heavy atom. The standard InChI is InChI=1S/C60H69N13O12S2/c1-30-52(78)64-28-50(76)72-46(51(61)77)22-35-14-16-48(74)37(20-35)24-39-26-65-58(86-39)62-18-19-63-59-66-27-40(87-59)25-38-21-36(15-17-49(38)75)23-47(57(83)70-32(3)54(80)67-30)73-56(82)33(4)69-53(79)31(2)68-55(81)34(5)71-60(84)85-29-45-43-12-8-6-10-41(43)42-11-7-9-13-44(42)45/h6-17,20-21,26-27,30-34,45-47,74-75H,18-19,22-25,28-29H2,1-5H3,(H2,61,77)(H,62,65)(H,63,66)(H,64,78)(H,67,80)(H,68,81)(H,69,79)(H,70,83)(H,71,84)(H,72,76)(H,73,82)/t30-,31-,32-,33-,34-,46-,47-/m0/s1. The Balaban J connectivity index is 0.910. The van der Waals surface area contributed by atoms with E-state index in [0.717, 1.165) is 32.0 Å². The van der Waals surface area contributed by atoms with E-state index < -0.39 is 102 Å². The molecule has 0 saturated heterocycles. The summed E-state index contributed by atoms with van der Waals surface area (Å²) < 4.78 is 5.58. The summed E-state index contributed by atoms with van der Waals surface area (Å²) in [6.07, 6.45) is 2.84. The van der Waals surface area contributed by atoms with Crippen molar-refractivity contribution in [1.29, 1.82) is 0 Å². The minimum absolute atomic E-state index is 0.0147. The van der Waals surface area contributed by atoms with E-state index >= 15 is 0 Å². The number of phenolic OH excluding ortho intramolecular Hbond substituents is 2. The molecule has 9 amide bonds. The molecule has 7 atom stereocenters. The molecule has 14 N–H and O–H groups in total. The molecule has 2 aliphatic rings. The summed E-state index contributed by atoms with van der Waals surface area (Å²) in [5.41, 5.74) is 11.9. The number of phenols is 2. The first kappa shape index (κ1) is 63.4. The second-order valence-electron chi connectivity index (χ2n) is 21.2. The van der Waals surface area contributed by atoms with Crippen LogP contribution < -0.4 is 58.9 Å². The molecule has 4 aromatic carbocycles. The van der Waals surface area contributed by atoms with Crippen molar-refractivity contribution in [3.63, 3.8) is 0 Å². The first-order valence-corrected chi connectivity index (χ1v) is 29.7. The van der Waals surface area contributed by atoms with E-state index in [9.17, 15) is 53.4 Å². The van der Waals surface area contributed by atoms with Crippen molar-refractivity contribution < 1.29 is 58.1 Å². The third kappa shape index (κ3) is 17.1. The molecule has 0 radical (unpaired) electrons. The Bertz CT molecular complexity index is 3510. The SMILES string of the molecule is C[C@H](NC(=O)OCC1c2ccccc2-c2ccccc21)C(=O)N[C@@H](C)C(=O)N[C@@H](C)C(=O)N[C@H]1Cc2ccc(O)c(c2)Cc2cnc(s2)NCCNc2ncc(s2)Cc2cc(ccc2O)C[C@@H](C(N)=O)NC(=O)CNC(=O)[C@H](C)NC(=O)[C@H](C)NC1=O. The van der Waals surface area contributed by atoms with Gasteiger partial charge in [0.05, 0.1) is 6.54 Å². The number of benzene rings is 4. The van der Waals surface area contributed by atoms with E-state index in [1.807, 2.05) is 48.5 Å². The molecule has 1 aliphatic heterocycles. The second kappa shape index (κ2) is 29.0. The number of nitrogens with zero attached hydrogens (tertiary/aromatic N) is 2. The van der Waals surface area contributed by atoms with Crippen LogP contribution in [0.5, 0.6) is 11.5 Å². The minimum atomic E-state index is -1.41. The van der Waals surface area contributed by atoms with E-state index in [-0.39, 0.29) is 43.3 Å². The Morgan fingerprint density at radius 1 is 0.632 bits per heavy atom. The van der Waals surface area contributed by atoms with Crippen molar-refractivity contribution in [2.75, 3.05) is 36.9 Å². The Morgan fingerprint density at radius 2 is 1.13 bits per heavy atom. The number of hydrogen-bond donors (Lipinski definition) is 13. The van der Waals surface area contributed by atoms with Gasteiger partial charge in [0.1, 0.15) is 60.4 Å².